The molecular formula is C20H25NO5. The highest BCUT2D eigenvalue weighted by Crippen LogP contribution is 2.66. The van der Waals surface area contributed by atoms with Crippen LogP contribution < -0.4 is 4.74 Å². The number of piperidine rings is 1. The number of benzene rings is 1. The molecule has 6 nitrogen and oxygen atoms in total. The number of hydroxylamine groups is 3. The molecule has 140 valence electrons. The molecule has 2 aliphatic heterocycles. The fraction of sp³-hybridized carbons (Fsp3) is 0.700. The Morgan fingerprint density at radius 3 is 2.81 bits per heavy atom. The SMILES string of the molecule is [O-][N+]1(CC2CC2)CCC23c4c5ccc(O)c4O[C@H]2[C@@H](O)CC[C@@]3(O)[C@H]1C5. The van der Waals surface area contributed by atoms with Crippen LogP contribution in [0.3, 0.4) is 0 Å². The van der Waals surface area contributed by atoms with Crippen LogP contribution in [0.5, 0.6) is 11.5 Å². The summed E-state index contributed by atoms with van der Waals surface area (Å²) in [4.78, 5) is 0. The van der Waals surface area contributed by atoms with Gasteiger partial charge in [0.15, 0.2) is 11.5 Å². The third-order valence-corrected chi connectivity index (χ3v) is 8.02. The molecule has 6 atom stereocenters. The molecule has 1 aromatic carbocycles. The van der Waals surface area contributed by atoms with Gasteiger partial charge in [-0.05, 0) is 37.3 Å². The molecule has 3 aliphatic carbocycles. The topological polar surface area (TPSA) is 93.0 Å². The summed E-state index contributed by atoms with van der Waals surface area (Å²) in [6.45, 7) is 1.04. The number of aliphatic hydroxyl groups excluding tert-OH is 1. The van der Waals surface area contributed by atoms with Crippen molar-refractivity contribution in [1.82, 2.24) is 0 Å². The van der Waals surface area contributed by atoms with E-state index in [1.54, 1.807) is 6.07 Å². The average Bonchev–Trinajstić information content (AvgIpc) is 3.32. The molecule has 2 saturated carbocycles. The minimum absolute atomic E-state index is 0.0620. The molecule has 1 spiro atoms. The van der Waals surface area contributed by atoms with Crippen LogP contribution in [-0.4, -0.2) is 56.9 Å². The van der Waals surface area contributed by atoms with E-state index in [1.807, 2.05) is 6.07 Å². The Kier molecular flexibility index (Phi) is 2.75. The second kappa shape index (κ2) is 4.55. The van der Waals surface area contributed by atoms with Gasteiger partial charge < -0.3 is 29.9 Å². The lowest BCUT2D eigenvalue weighted by Crippen LogP contribution is -2.80. The summed E-state index contributed by atoms with van der Waals surface area (Å²) in [6.07, 6.45) is 2.83. The molecule has 2 bridgehead atoms. The first-order valence-electron chi connectivity index (χ1n) is 9.89. The highest BCUT2D eigenvalue weighted by atomic mass is 16.6. The number of phenolic OH excluding ortho intramolecular Hbond substituents is 1. The number of quaternary nitrogens is 1. The molecule has 1 aromatic rings. The minimum atomic E-state index is -1.18. The first kappa shape index (κ1) is 15.7. The van der Waals surface area contributed by atoms with E-state index in [9.17, 15) is 20.5 Å². The van der Waals surface area contributed by atoms with Gasteiger partial charge in [0.2, 0.25) is 0 Å². The maximum absolute atomic E-state index is 13.9. The lowest BCUT2D eigenvalue weighted by molar-refractivity contribution is -0.924. The van der Waals surface area contributed by atoms with E-state index in [0.29, 0.717) is 50.4 Å². The van der Waals surface area contributed by atoms with Crippen LogP contribution in [0.1, 0.15) is 43.2 Å². The van der Waals surface area contributed by atoms with E-state index in [2.05, 4.69) is 0 Å². The summed E-state index contributed by atoms with van der Waals surface area (Å²) in [6, 6.07) is 3.08. The highest BCUT2D eigenvalue weighted by molar-refractivity contribution is 5.62. The largest absolute Gasteiger partial charge is 0.632 e. The van der Waals surface area contributed by atoms with Gasteiger partial charge in [-0.1, -0.05) is 6.07 Å². The summed E-state index contributed by atoms with van der Waals surface area (Å²) in [5.41, 5.74) is -0.0968. The van der Waals surface area contributed by atoms with Crippen LogP contribution in [0.2, 0.25) is 0 Å². The highest BCUT2D eigenvalue weighted by Gasteiger charge is 2.75. The number of hydrogen-bond donors (Lipinski definition) is 3. The minimum Gasteiger partial charge on any atom is -0.632 e. The lowest BCUT2D eigenvalue weighted by Gasteiger charge is -2.67. The van der Waals surface area contributed by atoms with Crippen LogP contribution in [0.25, 0.3) is 0 Å². The van der Waals surface area contributed by atoms with Crippen molar-refractivity contribution in [2.45, 2.75) is 67.8 Å². The lowest BCUT2D eigenvalue weighted by atomic mass is 9.48. The molecule has 0 amide bonds. The third kappa shape index (κ3) is 1.59. The standard InChI is InChI=1S/C20H25NO5/c22-13-4-3-12-9-15-20(24)6-5-14(23)18-19(20,16(12)17(13)26-18)7-8-21(15,25)10-11-1-2-11/h3-4,11,14-15,18,22-24H,1-2,5-10H2/t14-,15+,18-,19?,20+,21?/m0/s1. The Morgan fingerprint density at radius 1 is 1.23 bits per heavy atom. The Labute approximate surface area is 152 Å². The molecule has 3 N–H and O–H groups in total. The molecule has 1 saturated heterocycles. The summed E-state index contributed by atoms with van der Waals surface area (Å²) in [5.74, 6) is 0.970. The zero-order valence-corrected chi connectivity index (χ0v) is 14.7. The Bertz CT molecular complexity index is 810. The van der Waals surface area contributed by atoms with Crippen LogP contribution in [0.15, 0.2) is 12.1 Å². The fourth-order valence-corrected chi connectivity index (χ4v) is 6.73. The number of aliphatic hydroxyl groups is 2. The average molecular weight is 359 g/mol. The first-order chi connectivity index (χ1) is 12.4. The van der Waals surface area contributed by atoms with E-state index >= 15 is 0 Å². The Morgan fingerprint density at radius 2 is 2.04 bits per heavy atom. The molecule has 6 heteroatoms. The number of likely N-dealkylation sites (tertiary alicyclic amines) is 1. The zero-order valence-electron chi connectivity index (χ0n) is 14.7. The van der Waals surface area contributed by atoms with Gasteiger partial charge in [-0.3, -0.25) is 0 Å². The molecule has 3 fully saturated rings. The van der Waals surface area contributed by atoms with Crippen LogP contribution in [0.4, 0.5) is 0 Å². The second-order valence-electron chi connectivity index (χ2n) is 9.26. The van der Waals surface area contributed by atoms with Crippen molar-refractivity contribution in [3.05, 3.63) is 28.5 Å². The molecule has 0 radical (unpaired) electrons. The third-order valence-electron chi connectivity index (χ3n) is 8.02. The van der Waals surface area contributed by atoms with E-state index < -0.39 is 29.3 Å². The fourth-order valence-electron chi connectivity index (χ4n) is 6.73. The van der Waals surface area contributed by atoms with Crippen molar-refractivity contribution in [3.63, 3.8) is 0 Å². The first-order valence-corrected chi connectivity index (χ1v) is 9.89. The molecule has 0 aromatic heterocycles. The number of phenols is 1. The van der Waals surface area contributed by atoms with Gasteiger partial charge in [-0.15, -0.1) is 0 Å². The van der Waals surface area contributed by atoms with Gasteiger partial charge in [0.05, 0.1) is 24.6 Å². The van der Waals surface area contributed by atoms with Gasteiger partial charge in [0, 0.05) is 24.3 Å². The smallest absolute Gasteiger partial charge is 0.165 e. The quantitative estimate of drug-likeness (QED) is 0.547. The normalized spacial score (nSPS) is 48.0. The van der Waals surface area contributed by atoms with Crippen molar-refractivity contribution in [1.29, 1.82) is 0 Å². The number of hydrogen-bond acceptors (Lipinski definition) is 5. The van der Waals surface area contributed by atoms with E-state index in [4.69, 9.17) is 4.74 Å². The zero-order chi connectivity index (χ0) is 17.9. The molecule has 2 unspecified atom stereocenters. The number of nitrogens with zero attached hydrogens (tertiary/aromatic N) is 1. The van der Waals surface area contributed by atoms with Crippen molar-refractivity contribution in [2.75, 3.05) is 13.1 Å². The van der Waals surface area contributed by atoms with E-state index in [-0.39, 0.29) is 10.4 Å². The Hall–Kier alpha value is -1.34. The summed E-state index contributed by atoms with van der Waals surface area (Å²) in [7, 11) is 0. The number of aromatic hydroxyl groups is 1. The van der Waals surface area contributed by atoms with Gasteiger partial charge in [-0.25, -0.2) is 0 Å². The van der Waals surface area contributed by atoms with Gasteiger partial charge >= 0.3 is 0 Å². The summed E-state index contributed by atoms with van der Waals surface area (Å²) in [5, 5.41) is 46.9. The predicted octanol–water partition coefficient (Wildman–Crippen LogP) is 1.33. The summed E-state index contributed by atoms with van der Waals surface area (Å²) >= 11 is 0. The molecule has 6 rings (SSSR count). The number of ether oxygens (including phenoxy) is 1. The van der Waals surface area contributed by atoms with Gasteiger partial charge in [-0.2, -0.15) is 0 Å². The number of rotatable bonds is 2. The molecule has 5 aliphatic rings. The molecule has 26 heavy (non-hydrogen) atoms. The van der Waals surface area contributed by atoms with E-state index in [1.165, 1.54) is 0 Å². The van der Waals surface area contributed by atoms with Gasteiger partial charge in [0.25, 0.3) is 0 Å². The predicted molar refractivity (Wildman–Crippen MR) is 92.6 cm³/mol. The summed E-state index contributed by atoms with van der Waals surface area (Å²) < 4.78 is 5.76. The van der Waals surface area contributed by atoms with Crippen LogP contribution in [0, 0.1) is 11.1 Å². The Balaban J connectivity index is 1.59. The van der Waals surface area contributed by atoms with Crippen molar-refractivity contribution in [2.24, 2.45) is 5.92 Å². The molecular weight excluding hydrogens is 334 g/mol. The molecule has 2 heterocycles. The van der Waals surface area contributed by atoms with E-state index in [0.717, 1.165) is 24.0 Å². The maximum atomic E-state index is 13.9. The van der Waals surface area contributed by atoms with Crippen molar-refractivity contribution < 1.29 is 24.7 Å². The van der Waals surface area contributed by atoms with Crippen LogP contribution >= 0.6 is 0 Å². The monoisotopic (exact) mass is 359 g/mol. The van der Waals surface area contributed by atoms with Crippen molar-refractivity contribution in [3.8, 4) is 11.5 Å². The maximum Gasteiger partial charge on any atom is 0.165 e. The van der Waals surface area contributed by atoms with Crippen LogP contribution in [-0.2, 0) is 11.8 Å². The van der Waals surface area contributed by atoms with Gasteiger partial charge in [0.1, 0.15) is 17.7 Å². The van der Waals surface area contributed by atoms with Crippen molar-refractivity contribution >= 4 is 0 Å². The second-order valence-corrected chi connectivity index (χ2v) is 9.26.